The maximum Gasteiger partial charge on any atom is 0.334 e. The zero-order valence-electron chi connectivity index (χ0n) is 9.42. The van der Waals surface area contributed by atoms with E-state index in [0.29, 0.717) is 0 Å². The van der Waals surface area contributed by atoms with Crippen LogP contribution >= 0.6 is 0 Å². The molecule has 1 aliphatic rings. The minimum absolute atomic E-state index is 0.140. The third-order valence-corrected chi connectivity index (χ3v) is 2.63. The van der Waals surface area contributed by atoms with Crippen LogP contribution in [0.3, 0.4) is 0 Å². The lowest BCUT2D eigenvalue weighted by Crippen LogP contribution is -2.32. The monoisotopic (exact) mass is 232 g/mol. The fourth-order valence-corrected chi connectivity index (χ4v) is 1.73. The van der Waals surface area contributed by atoms with Crippen LogP contribution in [-0.4, -0.2) is 34.2 Å². The van der Waals surface area contributed by atoms with Gasteiger partial charge in [0, 0.05) is 6.54 Å². The molecule has 1 aliphatic heterocycles. The molecular formula is C12H12N2O3. The molecule has 0 aromatic heterocycles. The number of hydrogen-bond acceptors (Lipinski definition) is 3. The largest absolute Gasteiger partial charge is 0.334 e. The molecule has 0 N–H and O–H groups in total. The second-order valence-electron chi connectivity index (χ2n) is 3.71. The SMILES string of the molecule is CCN1C(=O)C(=O)N(Cc2ccccc2)C1=O. The first-order valence-corrected chi connectivity index (χ1v) is 5.36. The van der Waals surface area contributed by atoms with E-state index in [1.165, 1.54) is 0 Å². The van der Waals surface area contributed by atoms with Crippen molar-refractivity contribution in [3.63, 3.8) is 0 Å². The van der Waals surface area contributed by atoms with Gasteiger partial charge in [0.15, 0.2) is 0 Å². The van der Waals surface area contributed by atoms with Crippen LogP contribution in [0, 0.1) is 0 Å². The fraction of sp³-hybridized carbons (Fsp3) is 0.250. The standard InChI is InChI=1S/C12H12N2O3/c1-2-13-10(15)11(16)14(12(13)17)8-9-6-4-3-5-7-9/h3-7H,2,8H2,1H3. The molecule has 5 nitrogen and oxygen atoms in total. The van der Waals surface area contributed by atoms with Crippen LogP contribution in [0.15, 0.2) is 30.3 Å². The lowest BCUT2D eigenvalue weighted by atomic mass is 10.2. The Labute approximate surface area is 98.6 Å². The number of likely N-dealkylation sites (N-methyl/N-ethyl adjacent to an activating group) is 1. The average molecular weight is 232 g/mol. The van der Waals surface area contributed by atoms with Crippen molar-refractivity contribution in [1.82, 2.24) is 9.80 Å². The highest BCUT2D eigenvalue weighted by atomic mass is 16.2. The predicted molar refractivity (Wildman–Crippen MR) is 59.8 cm³/mol. The maximum atomic E-state index is 11.8. The van der Waals surface area contributed by atoms with Gasteiger partial charge >= 0.3 is 17.8 Å². The minimum atomic E-state index is -0.749. The van der Waals surface area contributed by atoms with E-state index in [2.05, 4.69) is 0 Å². The van der Waals surface area contributed by atoms with E-state index < -0.39 is 17.8 Å². The van der Waals surface area contributed by atoms with Gasteiger partial charge in [-0.2, -0.15) is 0 Å². The zero-order valence-corrected chi connectivity index (χ0v) is 9.42. The molecule has 88 valence electrons. The molecule has 0 atom stereocenters. The third kappa shape index (κ3) is 1.91. The van der Waals surface area contributed by atoms with Gasteiger partial charge in [-0.15, -0.1) is 0 Å². The van der Waals surface area contributed by atoms with Gasteiger partial charge in [0.25, 0.3) is 0 Å². The number of benzene rings is 1. The number of nitrogens with zero attached hydrogens (tertiary/aromatic N) is 2. The summed E-state index contributed by atoms with van der Waals surface area (Å²) in [6.45, 7) is 2.02. The van der Waals surface area contributed by atoms with Gasteiger partial charge in [0.2, 0.25) is 0 Å². The first-order valence-electron chi connectivity index (χ1n) is 5.36. The Balaban J connectivity index is 2.20. The van der Waals surface area contributed by atoms with Crippen LogP contribution in [0.25, 0.3) is 0 Å². The summed E-state index contributed by atoms with van der Waals surface area (Å²) < 4.78 is 0. The summed E-state index contributed by atoms with van der Waals surface area (Å²) in [5, 5.41) is 0. The van der Waals surface area contributed by atoms with E-state index >= 15 is 0 Å². The molecule has 1 aromatic rings. The number of urea groups is 1. The summed E-state index contributed by atoms with van der Waals surface area (Å²) in [6.07, 6.45) is 0. The van der Waals surface area contributed by atoms with Crippen molar-refractivity contribution < 1.29 is 14.4 Å². The van der Waals surface area contributed by atoms with Crippen LogP contribution in [0.5, 0.6) is 0 Å². The summed E-state index contributed by atoms with van der Waals surface area (Å²) in [6, 6.07) is 8.56. The third-order valence-electron chi connectivity index (χ3n) is 2.63. The van der Waals surface area contributed by atoms with E-state index in [0.717, 1.165) is 15.4 Å². The van der Waals surface area contributed by atoms with Crippen molar-refractivity contribution in [2.24, 2.45) is 0 Å². The minimum Gasteiger partial charge on any atom is -0.263 e. The molecule has 0 radical (unpaired) electrons. The summed E-state index contributed by atoms with van der Waals surface area (Å²) in [5.41, 5.74) is 0.819. The van der Waals surface area contributed by atoms with E-state index in [-0.39, 0.29) is 13.1 Å². The molecule has 0 bridgehead atoms. The highest BCUT2D eigenvalue weighted by Crippen LogP contribution is 2.15. The fourth-order valence-electron chi connectivity index (χ4n) is 1.73. The smallest absolute Gasteiger partial charge is 0.263 e. The van der Waals surface area contributed by atoms with Crippen molar-refractivity contribution in [3.8, 4) is 0 Å². The lowest BCUT2D eigenvalue weighted by Gasteiger charge is -2.13. The normalized spacial score (nSPS) is 15.9. The van der Waals surface area contributed by atoms with E-state index in [9.17, 15) is 14.4 Å². The number of carbonyl (C=O) groups excluding carboxylic acids is 3. The Hall–Kier alpha value is -2.17. The maximum absolute atomic E-state index is 11.8. The number of imide groups is 2. The Morgan fingerprint density at radius 2 is 1.53 bits per heavy atom. The van der Waals surface area contributed by atoms with Crippen LogP contribution in [0.4, 0.5) is 4.79 Å². The Morgan fingerprint density at radius 1 is 0.941 bits per heavy atom. The van der Waals surface area contributed by atoms with Crippen LogP contribution < -0.4 is 0 Å². The summed E-state index contributed by atoms with van der Waals surface area (Å²) in [5.74, 6) is -1.49. The molecule has 2 rings (SSSR count). The van der Waals surface area contributed by atoms with Gasteiger partial charge < -0.3 is 0 Å². The second-order valence-corrected chi connectivity index (χ2v) is 3.71. The summed E-state index contributed by atoms with van der Waals surface area (Å²) in [4.78, 5) is 36.8. The topological polar surface area (TPSA) is 57.7 Å². The first kappa shape index (κ1) is 11.3. The van der Waals surface area contributed by atoms with Crippen molar-refractivity contribution in [2.75, 3.05) is 6.54 Å². The molecule has 17 heavy (non-hydrogen) atoms. The highest BCUT2D eigenvalue weighted by molar-refractivity contribution is 6.44. The molecular weight excluding hydrogens is 220 g/mol. The molecule has 1 fully saturated rings. The van der Waals surface area contributed by atoms with Crippen molar-refractivity contribution in [2.45, 2.75) is 13.5 Å². The van der Waals surface area contributed by atoms with Gasteiger partial charge in [-0.25, -0.2) is 4.79 Å². The second kappa shape index (κ2) is 4.37. The van der Waals surface area contributed by atoms with Crippen molar-refractivity contribution in [1.29, 1.82) is 0 Å². The Morgan fingerprint density at radius 3 is 2.06 bits per heavy atom. The molecule has 1 aromatic carbocycles. The molecule has 1 heterocycles. The van der Waals surface area contributed by atoms with Crippen LogP contribution in [0.2, 0.25) is 0 Å². The molecule has 0 aliphatic carbocycles. The first-order chi connectivity index (χ1) is 8.15. The number of hydrogen-bond donors (Lipinski definition) is 0. The van der Waals surface area contributed by atoms with E-state index in [4.69, 9.17) is 0 Å². The lowest BCUT2D eigenvalue weighted by molar-refractivity contribution is -0.143. The molecule has 1 saturated heterocycles. The van der Waals surface area contributed by atoms with Gasteiger partial charge in [0.05, 0.1) is 6.54 Å². The molecule has 5 heteroatoms. The molecule has 0 saturated carbocycles. The van der Waals surface area contributed by atoms with Gasteiger partial charge in [-0.3, -0.25) is 19.4 Å². The Bertz CT molecular complexity index is 470. The summed E-state index contributed by atoms with van der Waals surface area (Å²) >= 11 is 0. The number of amides is 4. The zero-order chi connectivity index (χ0) is 12.4. The molecule has 0 spiro atoms. The van der Waals surface area contributed by atoms with Crippen molar-refractivity contribution >= 4 is 17.8 Å². The summed E-state index contributed by atoms with van der Waals surface area (Å²) in [7, 11) is 0. The predicted octanol–water partition coefficient (Wildman–Crippen LogP) is 0.997. The quantitative estimate of drug-likeness (QED) is 0.577. The molecule has 4 amide bonds. The number of carbonyl (C=O) groups is 3. The highest BCUT2D eigenvalue weighted by Gasteiger charge is 2.43. The van der Waals surface area contributed by atoms with Crippen LogP contribution in [0.1, 0.15) is 12.5 Å². The number of rotatable bonds is 3. The van der Waals surface area contributed by atoms with E-state index in [1.54, 1.807) is 19.1 Å². The average Bonchev–Trinajstić information content (AvgIpc) is 2.55. The Kier molecular flexibility index (Phi) is 2.91. The molecule has 0 unspecified atom stereocenters. The van der Waals surface area contributed by atoms with Crippen LogP contribution in [-0.2, 0) is 16.1 Å². The van der Waals surface area contributed by atoms with Gasteiger partial charge in [-0.05, 0) is 12.5 Å². The van der Waals surface area contributed by atoms with Gasteiger partial charge in [0.1, 0.15) is 0 Å². The van der Waals surface area contributed by atoms with Crippen molar-refractivity contribution in [3.05, 3.63) is 35.9 Å². The van der Waals surface area contributed by atoms with E-state index in [1.807, 2.05) is 18.2 Å². The van der Waals surface area contributed by atoms with Gasteiger partial charge in [-0.1, -0.05) is 30.3 Å².